The van der Waals surface area contributed by atoms with Crippen molar-refractivity contribution in [1.29, 1.82) is 0 Å². The molecule has 3 aromatic heterocycles. The Labute approximate surface area is 169 Å². The van der Waals surface area contributed by atoms with Gasteiger partial charge in [0.15, 0.2) is 5.65 Å². The first kappa shape index (κ1) is 19.0. The SMILES string of the molecule is Cc1ncc([N+](=O)[O-])cc1C(=O)Nc1cccc(Cn2nc3ccccn3c2=O)c1. The van der Waals surface area contributed by atoms with E-state index in [9.17, 15) is 19.7 Å². The zero-order valence-corrected chi connectivity index (χ0v) is 15.8. The van der Waals surface area contributed by atoms with Crippen LogP contribution in [-0.4, -0.2) is 30.0 Å². The average Bonchev–Trinajstić information content (AvgIpc) is 3.04. The van der Waals surface area contributed by atoms with Crippen LogP contribution in [0, 0.1) is 17.0 Å². The van der Waals surface area contributed by atoms with Crippen LogP contribution in [0.3, 0.4) is 0 Å². The van der Waals surface area contributed by atoms with Gasteiger partial charge in [0, 0.05) is 18.0 Å². The molecular formula is C20H16N6O4. The van der Waals surface area contributed by atoms with Crippen LogP contribution >= 0.6 is 0 Å². The van der Waals surface area contributed by atoms with E-state index in [0.29, 0.717) is 17.0 Å². The highest BCUT2D eigenvalue weighted by Gasteiger charge is 2.16. The minimum atomic E-state index is -0.601. The van der Waals surface area contributed by atoms with Gasteiger partial charge in [-0.3, -0.25) is 24.3 Å². The molecule has 0 aliphatic carbocycles. The normalized spacial score (nSPS) is 10.8. The number of amides is 1. The van der Waals surface area contributed by atoms with Gasteiger partial charge in [0.25, 0.3) is 11.6 Å². The summed E-state index contributed by atoms with van der Waals surface area (Å²) < 4.78 is 2.79. The maximum Gasteiger partial charge on any atom is 0.350 e. The third-order valence-electron chi connectivity index (χ3n) is 4.53. The number of hydrogen-bond acceptors (Lipinski definition) is 6. The minimum Gasteiger partial charge on any atom is -0.322 e. The second kappa shape index (κ2) is 7.59. The summed E-state index contributed by atoms with van der Waals surface area (Å²) in [5.41, 5.74) is 1.76. The molecule has 0 radical (unpaired) electrons. The quantitative estimate of drug-likeness (QED) is 0.402. The molecule has 0 atom stereocenters. The Morgan fingerprint density at radius 1 is 1.20 bits per heavy atom. The average molecular weight is 404 g/mol. The number of carbonyl (C=O) groups is 1. The number of nitrogens with one attached hydrogen (secondary N) is 1. The lowest BCUT2D eigenvalue weighted by Gasteiger charge is -2.09. The van der Waals surface area contributed by atoms with Crippen LogP contribution in [-0.2, 0) is 6.54 Å². The van der Waals surface area contributed by atoms with E-state index in [0.717, 1.165) is 11.8 Å². The zero-order chi connectivity index (χ0) is 21.3. The third-order valence-corrected chi connectivity index (χ3v) is 4.53. The van der Waals surface area contributed by atoms with E-state index in [1.54, 1.807) is 49.5 Å². The standard InChI is InChI=1S/C20H16N6O4/c1-13-17(10-16(11-21-13)26(29)30)19(27)22-15-6-4-5-14(9-15)12-25-20(28)24-8-3-2-7-18(24)23-25/h2-11H,12H2,1H3,(H,22,27). The first-order chi connectivity index (χ1) is 14.4. The van der Waals surface area contributed by atoms with Gasteiger partial charge in [-0.15, -0.1) is 5.10 Å². The van der Waals surface area contributed by atoms with Crippen LogP contribution < -0.4 is 11.0 Å². The van der Waals surface area contributed by atoms with E-state index < -0.39 is 10.8 Å². The van der Waals surface area contributed by atoms with Gasteiger partial charge < -0.3 is 5.32 Å². The summed E-state index contributed by atoms with van der Waals surface area (Å²) in [6.45, 7) is 1.83. The van der Waals surface area contributed by atoms with Gasteiger partial charge in [-0.25, -0.2) is 9.48 Å². The van der Waals surface area contributed by atoms with Crippen LogP contribution in [0.15, 0.2) is 65.7 Å². The van der Waals surface area contributed by atoms with E-state index in [1.165, 1.54) is 15.1 Å². The number of aromatic nitrogens is 4. The van der Waals surface area contributed by atoms with Crippen molar-refractivity contribution in [3.63, 3.8) is 0 Å². The Bertz CT molecular complexity index is 1340. The van der Waals surface area contributed by atoms with Crippen molar-refractivity contribution < 1.29 is 9.72 Å². The maximum atomic E-state index is 12.6. The number of anilines is 1. The van der Waals surface area contributed by atoms with Crippen molar-refractivity contribution in [1.82, 2.24) is 19.2 Å². The van der Waals surface area contributed by atoms with Crippen LogP contribution in [0.5, 0.6) is 0 Å². The van der Waals surface area contributed by atoms with Crippen molar-refractivity contribution in [3.05, 3.63) is 98.3 Å². The Morgan fingerprint density at radius 2 is 2.03 bits per heavy atom. The molecule has 3 heterocycles. The maximum absolute atomic E-state index is 12.6. The lowest BCUT2D eigenvalue weighted by molar-refractivity contribution is -0.385. The molecule has 0 saturated heterocycles. The number of fused-ring (bicyclic) bond motifs is 1. The van der Waals surface area contributed by atoms with E-state index in [-0.39, 0.29) is 23.5 Å². The first-order valence-corrected chi connectivity index (χ1v) is 8.98. The summed E-state index contributed by atoms with van der Waals surface area (Å²) in [7, 11) is 0. The van der Waals surface area contributed by atoms with Crippen LogP contribution in [0.4, 0.5) is 11.4 Å². The largest absolute Gasteiger partial charge is 0.350 e. The van der Waals surface area contributed by atoms with E-state index in [2.05, 4.69) is 15.4 Å². The fourth-order valence-electron chi connectivity index (χ4n) is 3.04. The van der Waals surface area contributed by atoms with E-state index in [1.807, 2.05) is 6.07 Å². The molecule has 4 aromatic rings. The molecule has 1 aromatic carbocycles. The molecule has 10 nitrogen and oxygen atoms in total. The molecule has 0 fully saturated rings. The van der Waals surface area contributed by atoms with Crippen molar-refractivity contribution in [3.8, 4) is 0 Å². The number of aryl methyl sites for hydroxylation is 1. The Kier molecular flexibility index (Phi) is 4.80. The molecule has 0 bridgehead atoms. The number of nitro groups is 1. The molecule has 30 heavy (non-hydrogen) atoms. The Balaban J connectivity index is 1.57. The minimum absolute atomic E-state index is 0.117. The molecule has 0 aliphatic rings. The first-order valence-electron chi connectivity index (χ1n) is 8.98. The van der Waals surface area contributed by atoms with E-state index >= 15 is 0 Å². The van der Waals surface area contributed by atoms with Gasteiger partial charge in [0.05, 0.1) is 22.7 Å². The molecule has 10 heteroatoms. The van der Waals surface area contributed by atoms with Crippen LogP contribution in [0.25, 0.3) is 5.65 Å². The van der Waals surface area contributed by atoms with Gasteiger partial charge in [-0.2, -0.15) is 0 Å². The molecular weight excluding hydrogens is 388 g/mol. The van der Waals surface area contributed by atoms with Crippen molar-refractivity contribution in [2.45, 2.75) is 13.5 Å². The number of pyridine rings is 2. The highest BCUT2D eigenvalue weighted by atomic mass is 16.6. The summed E-state index contributed by atoms with van der Waals surface area (Å²) >= 11 is 0. The molecule has 0 aliphatic heterocycles. The second-order valence-electron chi connectivity index (χ2n) is 6.61. The highest BCUT2D eigenvalue weighted by Crippen LogP contribution is 2.18. The lowest BCUT2D eigenvalue weighted by Crippen LogP contribution is -2.21. The molecule has 150 valence electrons. The number of carbonyl (C=O) groups excluding carboxylic acids is 1. The summed E-state index contributed by atoms with van der Waals surface area (Å²) in [5.74, 6) is -0.509. The van der Waals surface area contributed by atoms with Crippen LogP contribution in [0.1, 0.15) is 21.6 Å². The predicted molar refractivity (Wildman–Crippen MR) is 109 cm³/mol. The van der Waals surface area contributed by atoms with Gasteiger partial charge in [0.2, 0.25) is 0 Å². The molecule has 0 saturated carbocycles. The lowest BCUT2D eigenvalue weighted by atomic mass is 10.1. The number of benzene rings is 1. The summed E-state index contributed by atoms with van der Waals surface area (Å²) in [4.78, 5) is 39.3. The van der Waals surface area contributed by atoms with Gasteiger partial charge in [-0.05, 0) is 36.8 Å². The van der Waals surface area contributed by atoms with Gasteiger partial charge in [-0.1, -0.05) is 18.2 Å². The Hall–Kier alpha value is -4.34. The molecule has 1 N–H and O–H groups in total. The fraction of sp³-hybridized carbons (Fsp3) is 0.100. The van der Waals surface area contributed by atoms with Crippen LogP contribution in [0.2, 0.25) is 0 Å². The smallest absolute Gasteiger partial charge is 0.322 e. The number of hydrogen-bond donors (Lipinski definition) is 1. The van der Waals surface area contributed by atoms with Gasteiger partial charge in [0.1, 0.15) is 6.20 Å². The van der Waals surface area contributed by atoms with E-state index in [4.69, 9.17) is 0 Å². The summed E-state index contributed by atoms with van der Waals surface area (Å²) in [6, 6.07) is 13.4. The number of nitrogens with zero attached hydrogens (tertiary/aromatic N) is 5. The van der Waals surface area contributed by atoms with Gasteiger partial charge >= 0.3 is 5.69 Å². The zero-order valence-electron chi connectivity index (χ0n) is 15.8. The molecule has 1 amide bonds. The predicted octanol–water partition coefficient (Wildman–Crippen LogP) is 2.41. The summed E-state index contributed by atoms with van der Waals surface area (Å²) in [6.07, 6.45) is 2.76. The highest BCUT2D eigenvalue weighted by molar-refractivity contribution is 6.05. The fourth-order valence-corrected chi connectivity index (χ4v) is 3.04. The summed E-state index contributed by atoms with van der Waals surface area (Å²) in [5, 5.41) is 18.0. The molecule has 0 unspecified atom stereocenters. The number of rotatable bonds is 5. The van der Waals surface area contributed by atoms with Crippen molar-refractivity contribution >= 4 is 22.9 Å². The Morgan fingerprint density at radius 3 is 2.80 bits per heavy atom. The second-order valence-corrected chi connectivity index (χ2v) is 6.61. The molecule has 4 rings (SSSR count). The van der Waals surface area contributed by atoms with Crippen molar-refractivity contribution in [2.75, 3.05) is 5.32 Å². The topological polar surface area (TPSA) is 124 Å². The monoisotopic (exact) mass is 404 g/mol. The molecule has 0 spiro atoms. The third kappa shape index (κ3) is 3.65. The van der Waals surface area contributed by atoms with Crippen molar-refractivity contribution in [2.24, 2.45) is 0 Å².